The lowest BCUT2D eigenvalue weighted by atomic mass is 10.1. The zero-order chi connectivity index (χ0) is 10.3. The molecular weight excluding hydrogens is 176 g/mol. The molecule has 0 radical (unpaired) electrons. The van der Waals surface area contributed by atoms with Gasteiger partial charge in [0.1, 0.15) is 0 Å². The highest BCUT2D eigenvalue weighted by Gasteiger charge is 2.03. The van der Waals surface area contributed by atoms with Gasteiger partial charge in [-0.2, -0.15) is 0 Å². The van der Waals surface area contributed by atoms with Crippen LogP contribution < -0.4 is 11.3 Å². The molecule has 14 heavy (non-hydrogen) atoms. The summed E-state index contributed by atoms with van der Waals surface area (Å²) >= 11 is 0. The van der Waals surface area contributed by atoms with Crippen LogP contribution in [0, 0.1) is 13.8 Å². The third-order valence-electron chi connectivity index (χ3n) is 2.33. The van der Waals surface area contributed by atoms with Gasteiger partial charge in [-0.15, -0.1) is 0 Å². The Morgan fingerprint density at radius 3 is 2.64 bits per heavy atom. The molecule has 0 saturated carbocycles. The molecule has 3 N–H and O–H groups in total. The van der Waals surface area contributed by atoms with Crippen LogP contribution in [-0.4, -0.2) is 4.98 Å². The monoisotopic (exact) mass is 188 g/mol. The Balaban J connectivity index is 3.01. The first-order valence-corrected chi connectivity index (χ1v) is 4.47. The van der Waals surface area contributed by atoms with Gasteiger partial charge in [0.25, 0.3) is 0 Å². The number of aromatic amines is 1. The van der Waals surface area contributed by atoms with Crippen LogP contribution in [0.3, 0.4) is 0 Å². The SMILES string of the molecule is Cc1cc(C)c2[nH]c(=O)cc(N)c2c1. The molecule has 3 heteroatoms. The van der Waals surface area contributed by atoms with Crippen LogP contribution >= 0.6 is 0 Å². The maximum atomic E-state index is 11.2. The third kappa shape index (κ3) is 1.27. The second-order valence-corrected chi connectivity index (χ2v) is 3.59. The van der Waals surface area contributed by atoms with Gasteiger partial charge in [0.2, 0.25) is 5.56 Å². The van der Waals surface area contributed by atoms with Crippen molar-refractivity contribution < 1.29 is 0 Å². The number of nitrogen functional groups attached to an aromatic ring is 1. The molecule has 0 spiro atoms. The molecule has 0 atom stereocenters. The Hall–Kier alpha value is -1.77. The number of anilines is 1. The van der Waals surface area contributed by atoms with E-state index < -0.39 is 0 Å². The van der Waals surface area contributed by atoms with Crippen molar-refractivity contribution in [2.45, 2.75) is 13.8 Å². The van der Waals surface area contributed by atoms with E-state index in [-0.39, 0.29) is 5.56 Å². The Morgan fingerprint density at radius 2 is 1.93 bits per heavy atom. The Labute approximate surface area is 81.6 Å². The van der Waals surface area contributed by atoms with Crippen LogP contribution in [0.15, 0.2) is 23.0 Å². The largest absolute Gasteiger partial charge is 0.398 e. The maximum Gasteiger partial charge on any atom is 0.250 e. The van der Waals surface area contributed by atoms with Gasteiger partial charge >= 0.3 is 0 Å². The van der Waals surface area contributed by atoms with Crippen molar-refractivity contribution in [2.24, 2.45) is 0 Å². The molecule has 0 saturated heterocycles. The van der Waals surface area contributed by atoms with Gasteiger partial charge in [0, 0.05) is 17.1 Å². The summed E-state index contributed by atoms with van der Waals surface area (Å²) in [4.78, 5) is 14.0. The number of rotatable bonds is 0. The molecule has 0 aliphatic carbocycles. The number of H-pyrrole nitrogens is 1. The quantitative estimate of drug-likeness (QED) is 0.661. The van der Waals surface area contributed by atoms with Crippen molar-refractivity contribution in [3.05, 3.63) is 39.7 Å². The number of nitrogens with two attached hydrogens (primary N) is 1. The standard InChI is InChI=1S/C11H12N2O/c1-6-3-7(2)11-8(4-6)9(12)5-10(14)13-11/h3-5H,1-2H3,(H3,12,13,14). The van der Waals surface area contributed by atoms with E-state index in [4.69, 9.17) is 5.73 Å². The first-order valence-electron chi connectivity index (χ1n) is 4.47. The Morgan fingerprint density at radius 1 is 1.21 bits per heavy atom. The van der Waals surface area contributed by atoms with Gasteiger partial charge in [-0.1, -0.05) is 11.6 Å². The van der Waals surface area contributed by atoms with Gasteiger partial charge < -0.3 is 10.7 Å². The third-order valence-corrected chi connectivity index (χ3v) is 2.33. The van der Waals surface area contributed by atoms with Crippen molar-refractivity contribution in [1.29, 1.82) is 0 Å². The minimum Gasteiger partial charge on any atom is -0.398 e. The molecule has 0 amide bonds. The van der Waals surface area contributed by atoms with Crippen LogP contribution in [0.4, 0.5) is 5.69 Å². The summed E-state index contributed by atoms with van der Waals surface area (Å²) in [5.74, 6) is 0. The molecule has 0 fully saturated rings. The lowest BCUT2D eigenvalue weighted by Gasteiger charge is -2.05. The average Bonchev–Trinajstić information content (AvgIpc) is 2.07. The molecule has 1 heterocycles. The summed E-state index contributed by atoms with van der Waals surface area (Å²) in [5.41, 5.74) is 9.19. The minimum absolute atomic E-state index is 0.151. The van der Waals surface area contributed by atoms with Crippen molar-refractivity contribution in [2.75, 3.05) is 5.73 Å². The molecule has 1 aromatic heterocycles. The molecule has 0 unspecified atom stereocenters. The fourth-order valence-corrected chi connectivity index (χ4v) is 1.74. The van der Waals surface area contributed by atoms with Crippen molar-refractivity contribution >= 4 is 16.6 Å². The normalized spacial score (nSPS) is 10.7. The number of fused-ring (bicyclic) bond motifs is 1. The Bertz CT molecular complexity index is 555. The van der Waals surface area contributed by atoms with Crippen LogP contribution in [0.5, 0.6) is 0 Å². The summed E-state index contributed by atoms with van der Waals surface area (Å²) in [6.07, 6.45) is 0. The summed E-state index contributed by atoms with van der Waals surface area (Å²) < 4.78 is 0. The highest BCUT2D eigenvalue weighted by molar-refractivity contribution is 5.92. The zero-order valence-electron chi connectivity index (χ0n) is 8.22. The molecule has 3 nitrogen and oxygen atoms in total. The van der Waals surface area contributed by atoms with E-state index in [0.29, 0.717) is 5.69 Å². The second-order valence-electron chi connectivity index (χ2n) is 3.59. The number of nitrogens with one attached hydrogen (secondary N) is 1. The van der Waals surface area contributed by atoms with Gasteiger partial charge in [-0.05, 0) is 25.5 Å². The predicted molar refractivity (Wildman–Crippen MR) is 58.5 cm³/mol. The van der Waals surface area contributed by atoms with E-state index in [2.05, 4.69) is 4.98 Å². The van der Waals surface area contributed by atoms with E-state index in [1.165, 1.54) is 6.07 Å². The van der Waals surface area contributed by atoms with Gasteiger partial charge in [0.15, 0.2) is 0 Å². The molecule has 0 aliphatic heterocycles. The van der Waals surface area contributed by atoms with E-state index in [1.807, 2.05) is 26.0 Å². The summed E-state index contributed by atoms with van der Waals surface area (Å²) in [6.45, 7) is 3.97. The first-order chi connectivity index (χ1) is 6.58. The zero-order valence-corrected chi connectivity index (χ0v) is 8.22. The number of aromatic nitrogens is 1. The van der Waals surface area contributed by atoms with Crippen LogP contribution in [-0.2, 0) is 0 Å². The molecule has 2 aromatic rings. The summed E-state index contributed by atoms with van der Waals surface area (Å²) in [6, 6.07) is 5.42. The molecule has 2 rings (SSSR count). The Kier molecular flexibility index (Phi) is 1.81. The average molecular weight is 188 g/mol. The number of aryl methyl sites for hydroxylation is 2. The maximum absolute atomic E-state index is 11.2. The molecule has 0 aliphatic rings. The topological polar surface area (TPSA) is 58.9 Å². The van der Waals surface area contributed by atoms with Gasteiger partial charge in [-0.25, -0.2) is 0 Å². The van der Waals surface area contributed by atoms with Gasteiger partial charge in [-0.3, -0.25) is 4.79 Å². The fourth-order valence-electron chi connectivity index (χ4n) is 1.74. The number of hydrogen-bond acceptors (Lipinski definition) is 2. The smallest absolute Gasteiger partial charge is 0.250 e. The highest BCUT2D eigenvalue weighted by Crippen LogP contribution is 2.21. The molecular formula is C11H12N2O. The lowest BCUT2D eigenvalue weighted by Crippen LogP contribution is -2.07. The van der Waals surface area contributed by atoms with E-state index >= 15 is 0 Å². The van der Waals surface area contributed by atoms with Crippen LogP contribution in [0.25, 0.3) is 10.9 Å². The molecule has 72 valence electrons. The fraction of sp³-hybridized carbons (Fsp3) is 0.182. The van der Waals surface area contributed by atoms with E-state index in [0.717, 1.165) is 22.0 Å². The van der Waals surface area contributed by atoms with Gasteiger partial charge in [0.05, 0.1) is 5.52 Å². The van der Waals surface area contributed by atoms with Crippen molar-refractivity contribution in [3.63, 3.8) is 0 Å². The molecule has 0 bridgehead atoms. The first kappa shape index (κ1) is 8.81. The molecule has 1 aromatic carbocycles. The van der Waals surface area contributed by atoms with E-state index in [9.17, 15) is 4.79 Å². The predicted octanol–water partition coefficient (Wildman–Crippen LogP) is 1.73. The van der Waals surface area contributed by atoms with E-state index in [1.54, 1.807) is 0 Å². The van der Waals surface area contributed by atoms with Crippen molar-refractivity contribution in [1.82, 2.24) is 4.98 Å². The van der Waals surface area contributed by atoms with Crippen LogP contribution in [0.1, 0.15) is 11.1 Å². The summed E-state index contributed by atoms with van der Waals surface area (Å²) in [5, 5.41) is 0.919. The second kappa shape index (κ2) is 2.87. The minimum atomic E-state index is -0.151. The number of hydrogen-bond donors (Lipinski definition) is 2. The highest BCUT2D eigenvalue weighted by atomic mass is 16.1. The number of benzene rings is 1. The number of pyridine rings is 1. The van der Waals surface area contributed by atoms with Crippen LogP contribution in [0.2, 0.25) is 0 Å². The summed E-state index contributed by atoms with van der Waals surface area (Å²) in [7, 11) is 0. The lowest BCUT2D eigenvalue weighted by molar-refractivity contribution is 1.28. The van der Waals surface area contributed by atoms with Crippen molar-refractivity contribution in [3.8, 4) is 0 Å².